The summed E-state index contributed by atoms with van der Waals surface area (Å²) in [6, 6.07) is 4.62. The summed E-state index contributed by atoms with van der Waals surface area (Å²) in [5.41, 5.74) is 1.23. The molecular weight excluding hydrogens is 375 g/mol. The highest BCUT2D eigenvalue weighted by Gasteiger charge is 2.41. The number of aryl methyl sites for hydroxylation is 1. The van der Waals surface area contributed by atoms with Crippen LogP contribution in [0.1, 0.15) is 67.8 Å². The molecule has 5 nitrogen and oxygen atoms in total. The Morgan fingerprint density at radius 2 is 1.57 bits per heavy atom. The minimum absolute atomic E-state index is 0.194. The lowest BCUT2D eigenvalue weighted by atomic mass is 10.00. The predicted molar refractivity (Wildman–Crippen MR) is 98.1 cm³/mol. The van der Waals surface area contributed by atoms with Gasteiger partial charge in [0.05, 0.1) is 0 Å². The van der Waals surface area contributed by atoms with Crippen LogP contribution in [0.15, 0.2) is 24.3 Å². The van der Waals surface area contributed by atoms with Crippen LogP contribution in [-0.4, -0.2) is 35.0 Å². The van der Waals surface area contributed by atoms with Crippen molar-refractivity contribution in [3.05, 3.63) is 35.4 Å². The lowest BCUT2D eigenvalue weighted by Crippen LogP contribution is -2.47. The van der Waals surface area contributed by atoms with E-state index in [9.17, 15) is 27.6 Å². The van der Waals surface area contributed by atoms with E-state index < -0.39 is 36.3 Å². The van der Waals surface area contributed by atoms with Crippen LogP contribution in [0.4, 0.5) is 13.2 Å². The summed E-state index contributed by atoms with van der Waals surface area (Å²) in [6.07, 6.45) is 1.88. The summed E-state index contributed by atoms with van der Waals surface area (Å²) >= 11 is 0. The molecule has 0 aliphatic rings. The topological polar surface area (TPSA) is 83.5 Å². The summed E-state index contributed by atoms with van der Waals surface area (Å²) in [4.78, 5) is 34.1. The number of hydrogen-bond donors (Lipinski definition) is 2. The quantitative estimate of drug-likeness (QED) is 0.404. The van der Waals surface area contributed by atoms with Crippen LogP contribution in [0, 0.1) is 0 Å². The zero-order chi connectivity index (χ0) is 21.2. The third-order valence-corrected chi connectivity index (χ3v) is 4.35. The Hall–Kier alpha value is -2.38. The summed E-state index contributed by atoms with van der Waals surface area (Å²) in [7, 11) is 0. The highest BCUT2D eigenvalue weighted by Crippen LogP contribution is 2.16. The van der Waals surface area contributed by atoms with E-state index in [-0.39, 0.29) is 5.56 Å². The second kappa shape index (κ2) is 11.5. The Kier molecular flexibility index (Phi) is 9.68. The van der Waals surface area contributed by atoms with Crippen molar-refractivity contribution in [2.24, 2.45) is 0 Å². The predicted octanol–water partition coefficient (Wildman–Crippen LogP) is 4.29. The smallest absolute Gasteiger partial charge is 0.471 e. The molecule has 1 aromatic carbocycles. The number of carbonyl (C=O) groups excluding carboxylic acids is 2. The average molecular weight is 401 g/mol. The van der Waals surface area contributed by atoms with Gasteiger partial charge in [-0.25, -0.2) is 4.79 Å². The molecule has 0 spiro atoms. The van der Waals surface area contributed by atoms with Crippen molar-refractivity contribution in [3.8, 4) is 0 Å². The van der Waals surface area contributed by atoms with Crippen LogP contribution >= 0.6 is 0 Å². The second-order valence-corrected chi connectivity index (χ2v) is 6.70. The van der Waals surface area contributed by atoms with Crippen molar-refractivity contribution in [2.45, 2.75) is 70.5 Å². The molecule has 1 atom stereocenters. The van der Waals surface area contributed by atoms with Gasteiger partial charge in [0.2, 0.25) is 0 Å². The van der Waals surface area contributed by atoms with Gasteiger partial charge in [-0.1, -0.05) is 63.3 Å². The number of benzene rings is 1. The molecule has 0 radical (unpaired) electrons. The molecule has 0 aromatic heterocycles. The lowest BCUT2D eigenvalue weighted by Gasteiger charge is -2.15. The first-order valence-corrected chi connectivity index (χ1v) is 9.37. The SMILES string of the molecule is CCCCCCCCc1ccc(C(=O)CC(NC(=O)C(F)(F)F)C(=O)O)cc1. The van der Waals surface area contributed by atoms with E-state index in [1.165, 1.54) is 43.1 Å². The summed E-state index contributed by atoms with van der Waals surface area (Å²) in [5.74, 6) is -4.74. The van der Waals surface area contributed by atoms with E-state index in [0.29, 0.717) is 0 Å². The molecule has 1 unspecified atom stereocenters. The number of rotatable bonds is 12. The number of ketones is 1. The normalized spacial score (nSPS) is 12.4. The first-order valence-electron chi connectivity index (χ1n) is 9.37. The molecule has 1 aromatic rings. The monoisotopic (exact) mass is 401 g/mol. The van der Waals surface area contributed by atoms with Crippen molar-refractivity contribution >= 4 is 17.7 Å². The van der Waals surface area contributed by atoms with Gasteiger partial charge in [0.15, 0.2) is 5.78 Å². The maximum Gasteiger partial charge on any atom is 0.471 e. The molecule has 0 saturated carbocycles. The van der Waals surface area contributed by atoms with Gasteiger partial charge in [-0.2, -0.15) is 13.2 Å². The van der Waals surface area contributed by atoms with Crippen molar-refractivity contribution in [2.75, 3.05) is 0 Å². The zero-order valence-corrected chi connectivity index (χ0v) is 15.8. The number of hydrogen-bond acceptors (Lipinski definition) is 3. The van der Waals surface area contributed by atoms with Gasteiger partial charge in [-0.15, -0.1) is 0 Å². The highest BCUT2D eigenvalue weighted by molar-refractivity contribution is 5.99. The molecular formula is C20H26F3NO4. The molecule has 0 aliphatic carbocycles. The number of Topliss-reactive ketones (excluding diaryl/α,β-unsaturated/α-hetero) is 1. The molecule has 0 heterocycles. The van der Waals surface area contributed by atoms with Gasteiger partial charge in [-0.05, 0) is 18.4 Å². The maximum absolute atomic E-state index is 12.3. The summed E-state index contributed by atoms with van der Waals surface area (Å²) in [6.45, 7) is 2.16. The van der Waals surface area contributed by atoms with E-state index in [1.807, 2.05) is 0 Å². The largest absolute Gasteiger partial charge is 0.480 e. The van der Waals surface area contributed by atoms with Crippen LogP contribution in [0.2, 0.25) is 0 Å². The van der Waals surface area contributed by atoms with E-state index in [4.69, 9.17) is 5.11 Å². The van der Waals surface area contributed by atoms with Crippen molar-refractivity contribution in [1.29, 1.82) is 0 Å². The van der Waals surface area contributed by atoms with Gasteiger partial charge in [0, 0.05) is 12.0 Å². The van der Waals surface area contributed by atoms with Crippen molar-refractivity contribution < 1.29 is 32.7 Å². The Morgan fingerprint density at radius 1 is 1.00 bits per heavy atom. The standard InChI is InChI=1S/C20H26F3NO4/c1-2-3-4-5-6-7-8-14-9-11-15(12-10-14)17(25)13-16(18(26)27)24-19(28)20(21,22)23/h9-12,16H,2-8,13H2,1H3,(H,24,28)(H,26,27). The Balaban J connectivity index is 2.56. The molecule has 0 saturated heterocycles. The van der Waals surface area contributed by atoms with Gasteiger partial charge in [-0.3, -0.25) is 9.59 Å². The number of unbranched alkanes of at least 4 members (excludes halogenated alkanes) is 5. The maximum atomic E-state index is 12.3. The Labute approximate surface area is 162 Å². The molecule has 0 bridgehead atoms. The van der Waals surface area contributed by atoms with Crippen molar-refractivity contribution in [1.82, 2.24) is 5.32 Å². The minimum atomic E-state index is -5.21. The third-order valence-electron chi connectivity index (χ3n) is 4.35. The fourth-order valence-electron chi connectivity index (χ4n) is 2.71. The Bertz CT molecular complexity index is 656. The molecule has 1 rings (SSSR count). The van der Waals surface area contributed by atoms with Gasteiger partial charge >= 0.3 is 18.1 Å². The highest BCUT2D eigenvalue weighted by atomic mass is 19.4. The number of halogens is 3. The minimum Gasteiger partial charge on any atom is -0.480 e. The van der Waals surface area contributed by atoms with Gasteiger partial charge in [0.25, 0.3) is 0 Å². The van der Waals surface area contributed by atoms with Crippen LogP contribution in [-0.2, 0) is 16.0 Å². The first-order chi connectivity index (χ1) is 13.1. The van der Waals surface area contributed by atoms with Crippen molar-refractivity contribution in [3.63, 3.8) is 0 Å². The zero-order valence-electron chi connectivity index (χ0n) is 15.8. The van der Waals surface area contributed by atoms with Gasteiger partial charge < -0.3 is 10.4 Å². The molecule has 0 fully saturated rings. The number of carboxylic acids is 1. The fraction of sp³-hybridized carbons (Fsp3) is 0.550. The first kappa shape index (κ1) is 23.7. The number of amides is 1. The molecule has 28 heavy (non-hydrogen) atoms. The van der Waals surface area contributed by atoms with Crippen LogP contribution < -0.4 is 5.32 Å². The van der Waals surface area contributed by atoms with E-state index in [0.717, 1.165) is 24.8 Å². The molecule has 1 amide bonds. The second-order valence-electron chi connectivity index (χ2n) is 6.70. The number of nitrogens with one attached hydrogen (secondary N) is 1. The summed E-state index contributed by atoms with van der Waals surface area (Å²) in [5, 5.41) is 10.3. The van der Waals surface area contributed by atoms with Crippen LogP contribution in [0.5, 0.6) is 0 Å². The average Bonchev–Trinajstić information content (AvgIpc) is 2.63. The Morgan fingerprint density at radius 3 is 2.11 bits per heavy atom. The van der Waals surface area contributed by atoms with Crippen LogP contribution in [0.25, 0.3) is 0 Å². The lowest BCUT2D eigenvalue weighted by molar-refractivity contribution is -0.175. The number of alkyl halides is 3. The molecule has 8 heteroatoms. The van der Waals surface area contributed by atoms with Crippen LogP contribution in [0.3, 0.4) is 0 Å². The van der Waals surface area contributed by atoms with E-state index in [1.54, 1.807) is 12.1 Å². The molecule has 2 N–H and O–H groups in total. The fourth-order valence-corrected chi connectivity index (χ4v) is 2.71. The summed E-state index contributed by atoms with van der Waals surface area (Å²) < 4.78 is 36.8. The van der Waals surface area contributed by atoms with E-state index in [2.05, 4.69) is 6.92 Å². The molecule has 0 aliphatic heterocycles. The van der Waals surface area contributed by atoms with E-state index >= 15 is 0 Å². The number of carboxylic acid groups (broad SMARTS) is 1. The molecule has 156 valence electrons. The van der Waals surface area contributed by atoms with Gasteiger partial charge in [0.1, 0.15) is 6.04 Å². The number of aliphatic carboxylic acids is 1. The number of carbonyl (C=O) groups is 3. The third kappa shape index (κ3) is 8.54.